The van der Waals surface area contributed by atoms with Gasteiger partial charge in [-0.3, -0.25) is 0 Å². The van der Waals surface area contributed by atoms with Gasteiger partial charge >= 0.3 is 0 Å². The van der Waals surface area contributed by atoms with Crippen LogP contribution in [0, 0.1) is 23.3 Å². The number of nitrogens with zero attached hydrogens (tertiary/aromatic N) is 2. The molecule has 2 aromatic carbocycles. The molecular weight excluding hydrogens is 286 g/mol. The molecule has 0 spiro atoms. The van der Waals surface area contributed by atoms with Crippen LogP contribution in [0.3, 0.4) is 0 Å². The molecule has 0 radical (unpaired) electrons. The van der Waals surface area contributed by atoms with Crippen molar-refractivity contribution < 1.29 is 17.6 Å². The lowest BCUT2D eigenvalue weighted by Crippen LogP contribution is -2.05. The summed E-state index contributed by atoms with van der Waals surface area (Å²) < 4.78 is 54.4. The summed E-state index contributed by atoms with van der Waals surface area (Å²) in [5.74, 6) is -3.63. The highest BCUT2D eigenvalue weighted by atomic mass is 19.2. The molecule has 21 heavy (non-hydrogen) atoms. The minimum Gasteiger partial charge on any atom is -0.369 e. The third-order valence-electron chi connectivity index (χ3n) is 3.13. The zero-order chi connectivity index (χ0) is 15.1. The van der Waals surface area contributed by atoms with Crippen LogP contribution < -0.4 is 5.73 Å². The van der Waals surface area contributed by atoms with Gasteiger partial charge in [0.25, 0.3) is 0 Å². The topological polar surface area (TPSA) is 43.8 Å². The summed E-state index contributed by atoms with van der Waals surface area (Å²) in [5.41, 5.74) is 6.15. The van der Waals surface area contributed by atoms with Crippen LogP contribution in [-0.2, 0) is 6.54 Å². The summed E-state index contributed by atoms with van der Waals surface area (Å²) in [6.07, 6.45) is 0. The Kier molecular flexibility index (Phi) is 3.04. The van der Waals surface area contributed by atoms with Gasteiger partial charge in [-0.1, -0.05) is 6.07 Å². The molecule has 1 heterocycles. The fourth-order valence-corrected chi connectivity index (χ4v) is 2.15. The van der Waals surface area contributed by atoms with Crippen LogP contribution in [0.2, 0.25) is 0 Å². The quantitative estimate of drug-likeness (QED) is 0.738. The summed E-state index contributed by atoms with van der Waals surface area (Å²) in [4.78, 5) is 3.82. The number of fused-ring (bicyclic) bond motifs is 1. The van der Waals surface area contributed by atoms with E-state index in [1.807, 2.05) is 0 Å². The second kappa shape index (κ2) is 4.76. The second-order valence-electron chi connectivity index (χ2n) is 4.56. The van der Waals surface area contributed by atoms with Gasteiger partial charge in [-0.25, -0.2) is 22.5 Å². The molecule has 0 saturated carbocycles. The van der Waals surface area contributed by atoms with Crippen molar-refractivity contribution in [2.45, 2.75) is 6.54 Å². The van der Waals surface area contributed by atoms with Gasteiger partial charge in [0.2, 0.25) is 5.95 Å². The van der Waals surface area contributed by atoms with Crippen LogP contribution in [0.25, 0.3) is 11.0 Å². The Morgan fingerprint density at radius 1 is 0.952 bits per heavy atom. The van der Waals surface area contributed by atoms with Gasteiger partial charge in [-0.15, -0.1) is 0 Å². The number of imidazole rings is 1. The molecule has 0 aliphatic rings. The van der Waals surface area contributed by atoms with Gasteiger partial charge in [0.15, 0.2) is 17.5 Å². The van der Waals surface area contributed by atoms with E-state index < -0.39 is 23.3 Å². The highest BCUT2D eigenvalue weighted by Gasteiger charge is 2.14. The van der Waals surface area contributed by atoms with Crippen molar-refractivity contribution in [3.63, 3.8) is 0 Å². The number of rotatable bonds is 2. The fourth-order valence-electron chi connectivity index (χ4n) is 2.15. The van der Waals surface area contributed by atoms with Crippen LogP contribution in [0.4, 0.5) is 23.5 Å². The first-order valence-electron chi connectivity index (χ1n) is 6.00. The maximum absolute atomic E-state index is 13.6. The van der Waals surface area contributed by atoms with E-state index in [0.717, 1.165) is 18.2 Å². The fraction of sp³-hybridized carbons (Fsp3) is 0.0714. The molecule has 0 aliphatic carbocycles. The van der Waals surface area contributed by atoms with Gasteiger partial charge in [0, 0.05) is 12.1 Å². The Morgan fingerprint density at radius 2 is 1.71 bits per heavy atom. The average molecular weight is 295 g/mol. The van der Waals surface area contributed by atoms with E-state index in [1.165, 1.54) is 10.6 Å². The zero-order valence-electron chi connectivity index (χ0n) is 10.6. The lowest BCUT2D eigenvalue weighted by Gasteiger charge is -2.07. The third-order valence-corrected chi connectivity index (χ3v) is 3.13. The van der Waals surface area contributed by atoms with Crippen molar-refractivity contribution in [1.29, 1.82) is 0 Å². The molecule has 1 aromatic heterocycles. The molecule has 3 aromatic rings. The zero-order valence-corrected chi connectivity index (χ0v) is 10.6. The van der Waals surface area contributed by atoms with Gasteiger partial charge < -0.3 is 10.3 Å². The average Bonchev–Trinajstić information content (AvgIpc) is 2.72. The predicted molar refractivity (Wildman–Crippen MR) is 69.5 cm³/mol. The first-order chi connectivity index (χ1) is 9.95. The number of halogens is 4. The van der Waals surface area contributed by atoms with Crippen LogP contribution in [0.5, 0.6) is 0 Å². The second-order valence-corrected chi connectivity index (χ2v) is 4.56. The predicted octanol–water partition coefficient (Wildman–Crippen LogP) is 3.22. The van der Waals surface area contributed by atoms with E-state index in [-0.39, 0.29) is 23.5 Å². The molecule has 2 N–H and O–H groups in total. The SMILES string of the molecule is Nc1nc2c(F)cc(F)cc2n1Cc1ccc(F)c(F)c1. The molecule has 0 atom stereocenters. The van der Waals surface area contributed by atoms with Crippen LogP contribution in [-0.4, -0.2) is 9.55 Å². The molecule has 0 unspecified atom stereocenters. The molecule has 108 valence electrons. The Hall–Kier alpha value is -2.57. The number of aromatic nitrogens is 2. The van der Waals surface area contributed by atoms with Crippen LogP contribution in [0.15, 0.2) is 30.3 Å². The van der Waals surface area contributed by atoms with E-state index in [1.54, 1.807) is 0 Å². The van der Waals surface area contributed by atoms with Crippen molar-refractivity contribution in [3.8, 4) is 0 Å². The summed E-state index contributed by atoms with van der Waals surface area (Å²) in [6, 6.07) is 5.12. The van der Waals surface area contributed by atoms with Gasteiger partial charge in [0.1, 0.15) is 11.3 Å². The lowest BCUT2D eigenvalue weighted by atomic mass is 10.2. The smallest absolute Gasteiger partial charge is 0.201 e. The number of hydrogen-bond donors (Lipinski definition) is 1. The van der Waals surface area contributed by atoms with E-state index in [2.05, 4.69) is 4.98 Å². The van der Waals surface area contributed by atoms with E-state index in [0.29, 0.717) is 11.6 Å². The normalized spacial score (nSPS) is 11.2. The van der Waals surface area contributed by atoms with E-state index in [9.17, 15) is 17.6 Å². The van der Waals surface area contributed by atoms with Crippen molar-refractivity contribution in [2.75, 3.05) is 5.73 Å². The molecule has 3 rings (SSSR count). The van der Waals surface area contributed by atoms with Crippen molar-refractivity contribution in [1.82, 2.24) is 9.55 Å². The van der Waals surface area contributed by atoms with Crippen molar-refractivity contribution >= 4 is 17.0 Å². The molecule has 0 amide bonds. The molecule has 7 heteroatoms. The molecule has 0 saturated heterocycles. The largest absolute Gasteiger partial charge is 0.369 e. The van der Waals surface area contributed by atoms with E-state index >= 15 is 0 Å². The van der Waals surface area contributed by atoms with Gasteiger partial charge in [0.05, 0.1) is 12.1 Å². The number of benzene rings is 2. The number of nitrogen functional groups attached to an aromatic ring is 1. The number of anilines is 1. The molecular formula is C14H9F4N3. The van der Waals surface area contributed by atoms with Crippen molar-refractivity contribution in [2.24, 2.45) is 0 Å². The third kappa shape index (κ3) is 2.31. The summed E-state index contributed by atoms with van der Waals surface area (Å²) in [6.45, 7) is 0.0163. The number of hydrogen-bond acceptors (Lipinski definition) is 2. The molecule has 0 aliphatic heterocycles. The maximum Gasteiger partial charge on any atom is 0.201 e. The highest BCUT2D eigenvalue weighted by molar-refractivity contribution is 5.79. The summed E-state index contributed by atoms with van der Waals surface area (Å²) in [7, 11) is 0. The highest BCUT2D eigenvalue weighted by Crippen LogP contribution is 2.23. The standard InChI is InChI=1S/C14H9F4N3/c15-8-4-11(18)13-12(5-8)21(14(19)20-13)6-7-1-2-9(16)10(17)3-7/h1-5H,6H2,(H2,19,20). The summed E-state index contributed by atoms with van der Waals surface area (Å²) in [5, 5.41) is 0. The van der Waals surface area contributed by atoms with Crippen LogP contribution in [0.1, 0.15) is 5.56 Å². The molecule has 0 bridgehead atoms. The first-order valence-corrected chi connectivity index (χ1v) is 6.00. The maximum atomic E-state index is 13.6. The van der Waals surface area contributed by atoms with Gasteiger partial charge in [-0.05, 0) is 17.7 Å². The summed E-state index contributed by atoms with van der Waals surface area (Å²) >= 11 is 0. The number of nitrogens with two attached hydrogens (primary N) is 1. The molecule has 0 fully saturated rings. The minimum absolute atomic E-state index is 0.0163. The first kappa shape index (κ1) is 13.4. The minimum atomic E-state index is -1.01. The van der Waals surface area contributed by atoms with Gasteiger partial charge in [-0.2, -0.15) is 0 Å². The monoisotopic (exact) mass is 295 g/mol. The van der Waals surface area contributed by atoms with E-state index in [4.69, 9.17) is 5.73 Å². The lowest BCUT2D eigenvalue weighted by molar-refractivity contribution is 0.506. The Labute approximate surface area is 116 Å². The molecule has 3 nitrogen and oxygen atoms in total. The Morgan fingerprint density at radius 3 is 2.43 bits per heavy atom. The Bertz CT molecular complexity index is 842. The Balaban J connectivity index is 2.11. The van der Waals surface area contributed by atoms with Crippen molar-refractivity contribution in [3.05, 3.63) is 59.2 Å². The van der Waals surface area contributed by atoms with Crippen LogP contribution >= 0.6 is 0 Å².